The summed E-state index contributed by atoms with van der Waals surface area (Å²) in [4.78, 5) is 39.9. The largest absolute Gasteiger partial charge is 0.417 e. The van der Waals surface area contributed by atoms with Gasteiger partial charge in [0.05, 0.1) is 20.7 Å². The average molecular weight is 525 g/mol. The van der Waals surface area contributed by atoms with Crippen LogP contribution in [0.25, 0.3) is 10.2 Å². The van der Waals surface area contributed by atoms with E-state index in [0.29, 0.717) is 0 Å². The summed E-state index contributed by atoms with van der Waals surface area (Å²) < 4.78 is 44.7. The lowest BCUT2D eigenvalue weighted by molar-refractivity contribution is -0.137. The third-order valence-electron chi connectivity index (χ3n) is 5.13. The predicted molar refractivity (Wildman–Crippen MR) is 124 cm³/mol. The second-order valence-electron chi connectivity index (χ2n) is 8.15. The molecule has 35 heavy (non-hydrogen) atoms. The Morgan fingerprint density at radius 1 is 1.17 bits per heavy atom. The van der Waals surface area contributed by atoms with E-state index in [9.17, 15) is 27.6 Å². The highest BCUT2D eigenvalue weighted by molar-refractivity contribution is 7.99. The first-order valence-corrected chi connectivity index (χ1v) is 11.9. The van der Waals surface area contributed by atoms with Gasteiger partial charge in [0.25, 0.3) is 5.56 Å². The van der Waals surface area contributed by atoms with Crippen LogP contribution < -0.4 is 11.2 Å². The number of hydrogen-bond donors (Lipinski definition) is 0. The summed E-state index contributed by atoms with van der Waals surface area (Å²) in [6, 6.07) is 4.45. The quantitative estimate of drug-likeness (QED) is 0.356. The van der Waals surface area contributed by atoms with E-state index in [1.807, 2.05) is 13.8 Å². The normalized spacial score (nSPS) is 12.1. The summed E-state index contributed by atoms with van der Waals surface area (Å²) >= 11 is 1.70. The zero-order valence-corrected chi connectivity index (χ0v) is 20.6. The van der Waals surface area contributed by atoms with Gasteiger partial charge in [-0.3, -0.25) is 18.7 Å². The predicted octanol–water partition coefficient (Wildman–Crippen LogP) is 3.34. The smallest absolute Gasteiger partial charge is 0.288 e. The molecule has 0 saturated carbocycles. The van der Waals surface area contributed by atoms with Crippen LogP contribution >= 0.6 is 23.1 Å². The molecule has 4 aromatic rings. The number of tetrazole rings is 1. The Kier molecular flexibility index (Phi) is 6.44. The molecule has 184 valence electrons. The third-order valence-corrected chi connectivity index (χ3v) is 7.61. The third kappa shape index (κ3) is 4.43. The first-order chi connectivity index (χ1) is 16.4. The Labute approximate surface area is 204 Å². The number of halogens is 3. The number of aromatic nitrogens is 6. The van der Waals surface area contributed by atoms with E-state index in [0.717, 1.165) is 39.8 Å². The fourth-order valence-electron chi connectivity index (χ4n) is 3.53. The van der Waals surface area contributed by atoms with E-state index in [1.165, 1.54) is 28.4 Å². The maximum Gasteiger partial charge on any atom is 0.417 e. The first-order valence-electron chi connectivity index (χ1n) is 10.3. The average Bonchev–Trinajstić information content (AvgIpc) is 3.38. The lowest BCUT2D eigenvalue weighted by atomic mass is 10.0. The topological polar surface area (TPSA) is 105 Å². The maximum absolute atomic E-state index is 13.7. The summed E-state index contributed by atoms with van der Waals surface area (Å²) in [5, 5.41) is 11.4. The standard InChI is InChI=1S/C21H19F3N6O3S2/c1-10(2)9-30-18-13(17(32)28(3)20(30)33)15(35-19-25-26-27-29(19)4)16(34-18)14(31)11-7-5-6-8-12(11)21(22,23)24/h5-8,10H,9H2,1-4H3. The number of nitrogens with zero attached hydrogens (tertiary/aromatic N) is 6. The van der Waals surface area contributed by atoms with E-state index in [4.69, 9.17) is 0 Å². The molecule has 0 fully saturated rings. The Morgan fingerprint density at radius 2 is 1.86 bits per heavy atom. The number of rotatable bonds is 6. The Balaban J connectivity index is 2.08. The van der Waals surface area contributed by atoms with Crippen molar-refractivity contribution >= 4 is 39.1 Å². The molecule has 0 saturated heterocycles. The van der Waals surface area contributed by atoms with Gasteiger partial charge in [0, 0.05) is 26.2 Å². The molecule has 9 nitrogen and oxygen atoms in total. The maximum atomic E-state index is 13.7. The summed E-state index contributed by atoms with van der Waals surface area (Å²) in [6.45, 7) is 4.00. The van der Waals surface area contributed by atoms with Gasteiger partial charge in [0.2, 0.25) is 10.9 Å². The van der Waals surface area contributed by atoms with Gasteiger partial charge >= 0.3 is 11.9 Å². The summed E-state index contributed by atoms with van der Waals surface area (Å²) in [7, 11) is 2.86. The molecule has 1 aromatic carbocycles. The first kappa shape index (κ1) is 24.9. The Hall–Kier alpha value is -3.26. The molecule has 0 radical (unpaired) electrons. The van der Waals surface area contributed by atoms with Crippen molar-refractivity contribution in [2.45, 2.75) is 36.6 Å². The van der Waals surface area contributed by atoms with Crippen molar-refractivity contribution in [3.63, 3.8) is 0 Å². The summed E-state index contributed by atoms with van der Waals surface area (Å²) in [5.74, 6) is -0.901. The van der Waals surface area contributed by atoms with Crippen LogP contribution in [0.3, 0.4) is 0 Å². The van der Waals surface area contributed by atoms with Crippen LogP contribution in [0.15, 0.2) is 43.9 Å². The fraction of sp³-hybridized carbons (Fsp3) is 0.333. The second-order valence-corrected chi connectivity index (χ2v) is 10.1. The molecule has 0 bridgehead atoms. The van der Waals surface area contributed by atoms with Gasteiger partial charge in [0.15, 0.2) is 0 Å². The molecule has 3 aromatic heterocycles. The van der Waals surface area contributed by atoms with E-state index < -0.39 is 34.3 Å². The van der Waals surface area contributed by atoms with Gasteiger partial charge in [-0.1, -0.05) is 32.0 Å². The Morgan fingerprint density at radius 3 is 2.46 bits per heavy atom. The van der Waals surface area contributed by atoms with Crippen LogP contribution in [0.2, 0.25) is 0 Å². The van der Waals surface area contributed by atoms with Gasteiger partial charge in [-0.15, -0.1) is 16.4 Å². The van der Waals surface area contributed by atoms with E-state index in [2.05, 4.69) is 15.5 Å². The number of hydrogen-bond acceptors (Lipinski definition) is 8. The van der Waals surface area contributed by atoms with Crippen molar-refractivity contribution in [1.29, 1.82) is 0 Å². The molecule has 0 aliphatic rings. The second kappa shape index (κ2) is 9.07. The van der Waals surface area contributed by atoms with Gasteiger partial charge in [-0.2, -0.15) is 13.2 Å². The van der Waals surface area contributed by atoms with Crippen LogP contribution in [0.4, 0.5) is 13.2 Å². The van der Waals surface area contributed by atoms with Crippen LogP contribution in [-0.2, 0) is 26.8 Å². The zero-order chi connectivity index (χ0) is 25.7. The lowest BCUT2D eigenvalue weighted by Crippen LogP contribution is -2.38. The van der Waals surface area contributed by atoms with Gasteiger partial charge in [0.1, 0.15) is 4.83 Å². The minimum absolute atomic E-state index is 0.0136. The SMILES string of the molecule is CC(C)Cn1c(=O)n(C)c(=O)c2c(Sc3nnnn3C)c(C(=O)c3ccccc3C(F)(F)F)sc21. The molecule has 0 N–H and O–H groups in total. The van der Waals surface area contributed by atoms with E-state index in [1.54, 1.807) is 7.05 Å². The highest BCUT2D eigenvalue weighted by Gasteiger charge is 2.36. The van der Waals surface area contributed by atoms with Crippen LogP contribution in [0.1, 0.15) is 34.6 Å². The number of fused-ring (bicyclic) bond motifs is 1. The van der Waals surface area contributed by atoms with Crippen molar-refractivity contribution in [3.8, 4) is 0 Å². The van der Waals surface area contributed by atoms with Gasteiger partial charge in [-0.05, 0) is 34.2 Å². The molecule has 0 unspecified atom stereocenters. The molecular weight excluding hydrogens is 505 g/mol. The highest BCUT2D eigenvalue weighted by atomic mass is 32.2. The minimum Gasteiger partial charge on any atom is -0.288 e. The Bertz CT molecular complexity index is 1570. The molecule has 14 heteroatoms. The molecule has 4 rings (SSSR count). The van der Waals surface area contributed by atoms with Crippen molar-refractivity contribution in [3.05, 3.63) is 61.1 Å². The van der Waals surface area contributed by atoms with Crippen molar-refractivity contribution in [2.24, 2.45) is 20.0 Å². The molecule has 0 aliphatic heterocycles. The summed E-state index contributed by atoms with van der Waals surface area (Å²) in [6.07, 6.45) is -4.76. The van der Waals surface area contributed by atoms with Crippen LogP contribution in [0.5, 0.6) is 0 Å². The zero-order valence-electron chi connectivity index (χ0n) is 19.0. The lowest BCUT2D eigenvalue weighted by Gasteiger charge is -2.12. The summed E-state index contributed by atoms with van der Waals surface area (Å²) in [5.41, 5.74) is -2.89. The van der Waals surface area contributed by atoms with Gasteiger partial charge in [-0.25, -0.2) is 9.48 Å². The van der Waals surface area contributed by atoms with Crippen molar-refractivity contribution < 1.29 is 18.0 Å². The van der Waals surface area contributed by atoms with Crippen molar-refractivity contribution in [2.75, 3.05) is 0 Å². The molecular formula is C21H19F3N6O3S2. The molecule has 0 atom stereocenters. The number of carbonyl (C=O) groups excluding carboxylic acids is 1. The molecule has 3 heterocycles. The molecule has 0 amide bonds. The molecule has 0 spiro atoms. The van der Waals surface area contributed by atoms with Crippen molar-refractivity contribution in [1.82, 2.24) is 29.3 Å². The minimum atomic E-state index is -4.76. The van der Waals surface area contributed by atoms with Crippen LogP contribution in [-0.4, -0.2) is 35.1 Å². The number of benzene rings is 1. The number of alkyl halides is 3. The van der Waals surface area contributed by atoms with E-state index in [-0.39, 0.29) is 37.6 Å². The number of ketones is 1. The van der Waals surface area contributed by atoms with Crippen LogP contribution in [0, 0.1) is 5.92 Å². The number of aryl methyl sites for hydroxylation is 1. The number of thiophene rings is 1. The van der Waals surface area contributed by atoms with Gasteiger partial charge < -0.3 is 0 Å². The fourth-order valence-corrected chi connectivity index (χ4v) is 5.89. The highest BCUT2D eigenvalue weighted by Crippen LogP contribution is 2.41. The molecule has 0 aliphatic carbocycles. The van der Waals surface area contributed by atoms with E-state index >= 15 is 0 Å². The monoisotopic (exact) mass is 524 g/mol. The number of carbonyl (C=O) groups is 1.